The van der Waals surface area contributed by atoms with Gasteiger partial charge in [-0.1, -0.05) is 35.3 Å². The molecule has 1 N–H and O–H groups in total. The number of para-hydroxylation sites is 2. The molecule has 0 saturated heterocycles. The lowest BCUT2D eigenvalue weighted by Gasteiger charge is -2.11. The van der Waals surface area contributed by atoms with E-state index in [1.54, 1.807) is 18.2 Å². The molecule has 128 valence electrons. The molecule has 0 heterocycles. The standard InChI is InChI=1S/C18H19Cl2NO3/c1-2-23-17-7-4-3-6-15(17)21-18(22)8-5-11-24-16-10-9-13(19)12-14(16)20/h3-4,6-7,9-10,12H,2,5,8,11H2,1H3,(H,21,22). The fourth-order valence-corrected chi connectivity index (χ4v) is 2.53. The summed E-state index contributed by atoms with van der Waals surface area (Å²) in [6, 6.07) is 12.4. The molecule has 0 bridgehead atoms. The van der Waals surface area contributed by atoms with E-state index in [1.165, 1.54) is 0 Å². The quantitative estimate of drug-likeness (QED) is 0.653. The van der Waals surface area contributed by atoms with Gasteiger partial charge < -0.3 is 14.8 Å². The fourth-order valence-electron chi connectivity index (χ4n) is 2.07. The molecule has 0 aliphatic carbocycles. The number of hydrogen-bond donors (Lipinski definition) is 1. The van der Waals surface area contributed by atoms with Crippen LogP contribution < -0.4 is 14.8 Å². The maximum atomic E-state index is 12.0. The summed E-state index contributed by atoms with van der Waals surface area (Å²) in [5, 5.41) is 3.86. The highest BCUT2D eigenvalue weighted by molar-refractivity contribution is 6.35. The van der Waals surface area contributed by atoms with Gasteiger partial charge in [0.1, 0.15) is 11.5 Å². The van der Waals surface area contributed by atoms with E-state index in [0.717, 1.165) is 0 Å². The third-order valence-electron chi connectivity index (χ3n) is 3.16. The molecule has 0 aliphatic heterocycles. The van der Waals surface area contributed by atoms with Crippen molar-refractivity contribution in [3.05, 3.63) is 52.5 Å². The third-order valence-corrected chi connectivity index (χ3v) is 3.69. The summed E-state index contributed by atoms with van der Waals surface area (Å²) >= 11 is 11.9. The Bertz CT molecular complexity index is 692. The predicted octanol–water partition coefficient (Wildman–Crippen LogP) is 5.19. The summed E-state index contributed by atoms with van der Waals surface area (Å²) in [6.07, 6.45) is 0.910. The van der Waals surface area contributed by atoms with Crippen LogP contribution in [0.15, 0.2) is 42.5 Å². The number of carbonyl (C=O) groups excluding carboxylic acids is 1. The van der Waals surface area contributed by atoms with Crippen molar-refractivity contribution in [2.75, 3.05) is 18.5 Å². The Labute approximate surface area is 151 Å². The predicted molar refractivity (Wildman–Crippen MR) is 97.4 cm³/mol. The van der Waals surface area contributed by atoms with Crippen LogP contribution in [0, 0.1) is 0 Å². The molecule has 0 fully saturated rings. The van der Waals surface area contributed by atoms with Crippen LogP contribution in [0.4, 0.5) is 5.69 Å². The summed E-state index contributed by atoms with van der Waals surface area (Å²) < 4.78 is 11.0. The molecule has 0 atom stereocenters. The van der Waals surface area contributed by atoms with E-state index in [9.17, 15) is 4.79 Å². The van der Waals surface area contributed by atoms with E-state index in [-0.39, 0.29) is 5.91 Å². The lowest BCUT2D eigenvalue weighted by molar-refractivity contribution is -0.116. The molecule has 0 aromatic heterocycles. The summed E-state index contributed by atoms with van der Waals surface area (Å²) in [4.78, 5) is 12.0. The molecule has 4 nitrogen and oxygen atoms in total. The highest BCUT2D eigenvalue weighted by Gasteiger charge is 2.08. The number of anilines is 1. The number of amides is 1. The lowest BCUT2D eigenvalue weighted by atomic mass is 10.2. The van der Waals surface area contributed by atoms with Gasteiger partial charge in [0.25, 0.3) is 0 Å². The molecule has 0 aliphatic rings. The molecule has 1 amide bonds. The zero-order chi connectivity index (χ0) is 17.4. The maximum absolute atomic E-state index is 12.0. The van der Waals surface area contributed by atoms with Gasteiger partial charge in [0, 0.05) is 11.4 Å². The molecular weight excluding hydrogens is 349 g/mol. The topological polar surface area (TPSA) is 47.6 Å². The van der Waals surface area contributed by atoms with Gasteiger partial charge in [0.2, 0.25) is 5.91 Å². The first-order valence-corrected chi connectivity index (χ1v) is 8.45. The van der Waals surface area contributed by atoms with E-state index in [2.05, 4.69) is 5.32 Å². The molecular formula is C18H19Cl2NO3. The van der Waals surface area contributed by atoms with Gasteiger partial charge in [0.15, 0.2) is 0 Å². The number of carbonyl (C=O) groups is 1. The minimum absolute atomic E-state index is 0.0899. The van der Waals surface area contributed by atoms with Gasteiger partial charge >= 0.3 is 0 Å². The van der Waals surface area contributed by atoms with Crippen LogP contribution in [0.3, 0.4) is 0 Å². The SMILES string of the molecule is CCOc1ccccc1NC(=O)CCCOc1ccc(Cl)cc1Cl. The van der Waals surface area contributed by atoms with Crippen LogP contribution in [0.25, 0.3) is 0 Å². The van der Waals surface area contributed by atoms with Crippen molar-refractivity contribution in [1.29, 1.82) is 0 Å². The summed E-state index contributed by atoms with van der Waals surface area (Å²) in [5.74, 6) is 1.13. The molecule has 0 unspecified atom stereocenters. The first kappa shape index (κ1) is 18.4. The highest BCUT2D eigenvalue weighted by Crippen LogP contribution is 2.27. The number of ether oxygens (including phenoxy) is 2. The number of rotatable bonds is 8. The number of benzene rings is 2. The molecule has 2 aromatic rings. The van der Waals surface area contributed by atoms with Crippen molar-refractivity contribution in [2.45, 2.75) is 19.8 Å². The second kappa shape index (κ2) is 9.40. The Kier molecular flexibility index (Phi) is 7.22. The number of hydrogen-bond acceptors (Lipinski definition) is 3. The van der Waals surface area contributed by atoms with Crippen LogP contribution >= 0.6 is 23.2 Å². The normalized spacial score (nSPS) is 10.3. The molecule has 0 radical (unpaired) electrons. The Morgan fingerprint density at radius 3 is 2.62 bits per heavy atom. The van der Waals surface area contributed by atoms with E-state index < -0.39 is 0 Å². The number of nitrogens with one attached hydrogen (secondary N) is 1. The van der Waals surface area contributed by atoms with Crippen molar-refractivity contribution in [1.82, 2.24) is 0 Å². The van der Waals surface area contributed by atoms with Crippen molar-refractivity contribution in [3.8, 4) is 11.5 Å². The molecule has 24 heavy (non-hydrogen) atoms. The molecule has 0 spiro atoms. The highest BCUT2D eigenvalue weighted by atomic mass is 35.5. The van der Waals surface area contributed by atoms with E-state index >= 15 is 0 Å². The molecule has 2 rings (SSSR count). The van der Waals surface area contributed by atoms with Crippen LogP contribution in [-0.4, -0.2) is 19.1 Å². The summed E-state index contributed by atoms with van der Waals surface area (Å²) in [5.41, 5.74) is 0.672. The zero-order valence-corrected chi connectivity index (χ0v) is 14.9. The Balaban J connectivity index is 1.77. The number of halogens is 2. The van der Waals surface area contributed by atoms with E-state index in [0.29, 0.717) is 53.3 Å². The molecule has 6 heteroatoms. The average Bonchev–Trinajstić information content (AvgIpc) is 2.55. The summed E-state index contributed by atoms with van der Waals surface area (Å²) in [7, 11) is 0. The molecule has 0 saturated carbocycles. The van der Waals surface area contributed by atoms with Gasteiger partial charge in [-0.3, -0.25) is 4.79 Å². The van der Waals surface area contributed by atoms with Gasteiger partial charge in [-0.15, -0.1) is 0 Å². The zero-order valence-electron chi connectivity index (χ0n) is 13.4. The Morgan fingerprint density at radius 2 is 1.88 bits per heavy atom. The largest absolute Gasteiger partial charge is 0.492 e. The first-order valence-electron chi connectivity index (χ1n) is 7.69. The van der Waals surface area contributed by atoms with Crippen LogP contribution in [0.2, 0.25) is 10.0 Å². The lowest BCUT2D eigenvalue weighted by Crippen LogP contribution is -2.13. The van der Waals surface area contributed by atoms with Gasteiger partial charge in [0.05, 0.1) is 23.9 Å². The van der Waals surface area contributed by atoms with E-state index in [1.807, 2.05) is 31.2 Å². The fraction of sp³-hybridized carbons (Fsp3) is 0.278. The van der Waals surface area contributed by atoms with Crippen molar-refractivity contribution >= 4 is 34.8 Å². The minimum Gasteiger partial charge on any atom is -0.492 e. The van der Waals surface area contributed by atoms with Crippen molar-refractivity contribution in [2.24, 2.45) is 0 Å². The van der Waals surface area contributed by atoms with Crippen molar-refractivity contribution < 1.29 is 14.3 Å². The maximum Gasteiger partial charge on any atom is 0.224 e. The van der Waals surface area contributed by atoms with Gasteiger partial charge in [-0.2, -0.15) is 0 Å². The molecule has 2 aromatic carbocycles. The average molecular weight is 368 g/mol. The monoisotopic (exact) mass is 367 g/mol. The van der Waals surface area contributed by atoms with Gasteiger partial charge in [-0.05, 0) is 43.7 Å². The second-order valence-corrected chi connectivity index (χ2v) is 5.85. The van der Waals surface area contributed by atoms with Crippen LogP contribution in [-0.2, 0) is 4.79 Å². The Morgan fingerprint density at radius 1 is 1.08 bits per heavy atom. The second-order valence-electron chi connectivity index (χ2n) is 5.00. The van der Waals surface area contributed by atoms with Crippen LogP contribution in [0.1, 0.15) is 19.8 Å². The van der Waals surface area contributed by atoms with E-state index in [4.69, 9.17) is 32.7 Å². The van der Waals surface area contributed by atoms with Crippen molar-refractivity contribution in [3.63, 3.8) is 0 Å². The third kappa shape index (κ3) is 5.62. The minimum atomic E-state index is -0.0899. The van der Waals surface area contributed by atoms with Crippen LogP contribution in [0.5, 0.6) is 11.5 Å². The Hall–Kier alpha value is -1.91. The van der Waals surface area contributed by atoms with Gasteiger partial charge in [-0.25, -0.2) is 0 Å². The smallest absolute Gasteiger partial charge is 0.224 e. The first-order chi connectivity index (χ1) is 11.6. The summed E-state index contributed by atoms with van der Waals surface area (Å²) in [6.45, 7) is 2.84.